The number of ketones is 5. The van der Waals surface area contributed by atoms with Crippen LogP contribution in [0.25, 0.3) is 33.3 Å². The number of Topliss-reactive ketones (excluding diaryl/α,β-unsaturated/α-hetero) is 5. The van der Waals surface area contributed by atoms with Crippen molar-refractivity contribution < 1.29 is 33.1 Å². The number of para-hydroxylation sites is 5. The van der Waals surface area contributed by atoms with E-state index in [4.69, 9.17) is 36.3 Å². The third kappa shape index (κ3) is 22.0. The van der Waals surface area contributed by atoms with E-state index in [0.717, 1.165) is 153 Å². The number of ether oxygens (including phenoxy) is 1. The SMILES string of the molecule is COc1ccc(C2=N[C@@H](CC(=O)C(C)(C)C)c3nnc(C)n3-c3ccccc32)cc1.Cc1ccc(C2=N[C@@H](CC(=O)C(C)(C)C)c3nnc(C)n3-c3ccccc32)cc1.Cc1nnc2n1-c1ccccc1C(c1ccc(F)cc1)=N[C@H]2CC(=O)C(C)(C)C.Cc1nnc2n1-c1ccccc1C(c1ccccc1)=N[C@H]2CC(=O)C(C)(C)C.[C-]#[N+]c1ccc(C2=N[C@@H](CC(=O)C(C)(C)C)c3nnc(C)n3-c3ccccc32)cc1. The zero-order chi connectivity index (χ0) is 104. The van der Waals surface area contributed by atoms with E-state index in [1.165, 1.54) is 17.7 Å². The molecule has 5 aromatic heterocycles. The van der Waals surface area contributed by atoms with E-state index < -0.39 is 45.2 Å². The van der Waals surface area contributed by atoms with Crippen LogP contribution in [-0.2, 0) is 24.0 Å². The van der Waals surface area contributed by atoms with E-state index in [0.29, 0.717) is 41.8 Å². The molecule has 0 aliphatic carbocycles. The monoisotopic (exact) mass is 1950 g/mol. The van der Waals surface area contributed by atoms with Gasteiger partial charge in [0, 0.05) is 109 Å². The molecule has 10 heterocycles. The number of aromatic nitrogens is 15. The molecule has 5 atom stereocenters. The van der Waals surface area contributed by atoms with Gasteiger partial charge in [-0.05, 0) is 126 Å². The molecule has 146 heavy (non-hydrogen) atoms. The molecule has 0 N–H and O–H groups in total. The van der Waals surface area contributed by atoms with Crippen LogP contribution in [0.5, 0.6) is 5.75 Å². The number of methoxy groups -OCH3 is 1. The zero-order valence-corrected chi connectivity index (χ0v) is 86.8. The largest absolute Gasteiger partial charge is 0.497 e. The Balaban J connectivity index is 0.000000131. The fourth-order valence-corrected chi connectivity index (χ4v) is 17.8. The average Bonchev–Trinajstić information content (AvgIpc) is 1.63. The number of halogens is 1. The lowest BCUT2D eigenvalue weighted by Gasteiger charge is -2.19. The van der Waals surface area contributed by atoms with E-state index >= 15 is 0 Å². The Labute approximate surface area is 851 Å². The smallest absolute Gasteiger partial charge is 0.187 e. The van der Waals surface area contributed by atoms with Crippen molar-refractivity contribution in [1.29, 1.82) is 0 Å². The minimum absolute atomic E-state index is 0.0999. The summed E-state index contributed by atoms with van der Waals surface area (Å²) in [4.78, 5) is 93.2. The van der Waals surface area contributed by atoms with Gasteiger partial charge in [0.25, 0.3) is 0 Å². The summed E-state index contributed by atoms with van der Waals surface area (Å²) in [5.74, 6) is 8.46. The average molecular weight is 1950 g/mol. The highest BCUT2D eigenvalue weighted by molar-refractivity contribution is 6.19. The van der Waals surface area contributed by atoms with Crippen molar-refractivity contribution in [2.45, 2.75) is 208 Å². The van der Waals surface area contributed by atoms with Crippen LogP contribution in [0, 0.1) is 81.0 Å². The molecule has 0 radical (unpaired) electrons. The number of benzene rings is 10. The highest BCUT2D eigenvalue weighted by atomic mass is 19.1. The Bertz CT molecular complexity index is 7500. The molecule has 0 saturated heterocycles. The van der Waals surface area contributed by atoms with Crippen LogP contribution < -0.4 is 4.74 Å². The third-order valence-corrected chi connectivity index (χ3v) is 26.4. The topological polar surface area (TPSA) is 314 Å². The molecule has 0 amide bonds. The lowest BCUT2D eigenvalue weighted by molar-refractivity contribution is -0.127. The molecule has 15 aromatic rings. The summed E-state index contributed by atoms with van der Waals surface area (Å²) in [6.45, 7) is 47.8. The van der Waals surface area contributed by atoms with E-state index in [1.54, 1.807) is 31.4 Å². The summed E-state index contributed by atoms with van der Waals surface area (Å²) in [6.07, 6.45) is 1.34. The molecule has 0 unspecified atom stereocenters. The fraction of sp³-hybridized carbons (Fsp3) is 0.314. The van der Waals surface area contributed by atoms with Crippen molar-refractivity contribution in [1.82, 2.24) is 73.8 Å². The first kappa shape index (κ1) is 103. The lowest BCUT2D eigenvalue weighted by Crippen LogP contribution is -2.23. The number of carbonyl (C=O) groups excluding carboxylic acids is 5. The first-order chi connectivity index (χ1) is 69.4. The van der Waals surface area contributed by atoms with Crippen LogP contribution in [0.1, 0.15) is 286 Å². The molecule has 5 aliphatic rings. The second-order valence-electron chi connectivity index (χ2n) is 42.3. The van der Waals surface area contributed by atoms with Gasteiger partial charge in [0.05, 0.1) is 70.7 Å². The Morgan fingerprint density at radius 1 is 0.281 bits per heavy atom. The molecular formula is C118H122FN21O6. The molecular weight excluding hydrogens is 1830 g/mol. The third-order valence-electron chi connectivity index (χ3n) is 26.4. The highest BCUT2D eigenvalue weighted by Crippen LogP contribution is 2.43. The first-order valence-electron chi connectivity index (χ1n) is 49.1. The summed E-state index contributed by atoms with van der Waals surface area (Å²) in [6, 6.07) is 78.1. The van der Waals surface area contributed by atoms with Crippen molar-refractivity contribution >= 4 is 63.2 Å². The molecule has 742 valence electrons. The van der Waals surface area contributed by atoms with Gasteiger partial charge < -0.3 is 4.74 Å². The van der Waals surface area contributed by atoms with Gasteiger partial charge in [-0.15, -0.1) is 51.0 Å². The Hall–Kier alpha value is -16.2. The number of carbonyl (C=O) groups is 5. The molecule has 28 heteroatoms. The Kier molecular flexibility index (Phi) is 29.6. The van der Waals surface area contributed by atoms with Crippen LogP contribution >= 0.6 is 0 Å². The Morgan fingerprint density at radius 3 is 0.712 bits per heavy atom. The van der Waals surface area contributed by atoms with Crippen LogP contribution in [-0.4, -0.2) is 138 Å². The second kappa shape index (κ2) is 42.0. The first-order valence-corrected chi connectivity index (χ1v) is 49.1. The van der Waals surface area contributed by atoms with Crippen molar-refractivity contribution in [3.05, 3.63) is 385 Å². The number of hydrogen-bond acceptors (Lipinski definition) is 21. The van der Waals surface area contributed by atoms with Gasteiger partial charge in [0.1, 0.15) is 99.8 Å². The number of fused-ring (bicyclic) bond motifs is 15. The summed E-state index contributed by atoms with van der Waals surface area (Å²) < 4.78 is 28.9. The quantitative estimate of drug-likeness (QED) is 0.0811. The minimum Gasteiger partial charge on any atom is -0.497 e. The van der Waals surface area contributed by atoms with Gasteiger partial charge in [-0.1, -0.05) is 279 Å². The molecule has 20 rings (SSSR count). The molecule has 0 bridgehead atoms. The normalized spacial score (nSPS) is 15.8. The maximum Gasteiger partial charge on any atom is 0.187 e. The molecule has 27 nitrogen and oxygen atoms in total. The van der Waals surface area contributed by atoms with Crippen LogP contribution in [0.2, 0.25) is 0 Å². The summed E-state index contributed by atoms with van der Waals surface area (Å²) >= 11 is 0. The number of nitrogens with zero attached hydrogens (tertiary/aromatic N) is 21. The molecule has 0 spiro atoms. The summed E-state index contributed by atoms with van der Waals surface area (Å²) in [5.41, 5.74) is 18.0. The van der Waals surface area contributed by atoms with Crippen molar-refractivity contribution in [2.75, 3.05) is 7.11 Å². The Morgan fingerprint density at radius 2 is 0.486 bits per heavy atom. The molecule has 5 aliphatic heterocycles. The number of hydrogen-bond donors (Lipinski definition) is 0. The maximum absolute atomic E-state index is 13.5. The van der Waals surface area contributed by atoms with Crippen molar-refractivity contribution in [3.63, 3.8) is 0 Å². The van der Waals surface area contributed by atoms with Crippen LogP contribution in [0.3, 0.4) is 0 Å². The maximum atomic E-state index is 13.5. The predicted molar refractivity (Wildman–Crippen MR) is 567 cm³/mol. The van der Waals surface area contributed by atoms with Gasteiger partial charge in [0.2, 0.25) is 0 Å². The standard InChI is InChI=1S/C24H23N5O.C24H26N4O2.C24H26N4O.C23H23FN4O.C23H24N4O/c1-15-27-28-23-19(14-21(30)24(2,3)4)26-22(16-10-12-17(25-5)13-11-16)18-8-6-7-9-20(18)29(15)23;1-15-26-27-23-19(14-21(29)24(2,3)4)25-22(16-10-12-17(30-5)13-11-16)18-8-6-7-9-20(18)28(15)23;1-15-10-12-17(13-11-15)22-18-8-6-7-9-20(18)28-16(2)26-27-23(28)19(25-22)14-21(29)24(3,4)5;1-14-26-27-22-18(13-20(29)23(2,3)4)25-21(15-9-11-16(24)12-10-15)17-7-5-6-8-19(17)28(14)22;1-15-25-26-22-18(14-20(28)23(2,3)4)24-21(16-10-6-5-7-11-16)17-12-8-9-13-19(17)27(15)22/h6-13,19H,14H2,1-4H3;6-13,19H,14H2,1-5H3;6-13,19H,14H2,1-5H3;5-12,18H,13H2,1-4H3;5-13,18H,14H2,1-4H3/t3*19-;2*18-/m00000/s1. The summed E-state index contributed by atoms with van der Waals surface area (Å²) in [7, 11) is 1.65. The van der Waals surface area contributed by atoms with E-state index in [9.17, 15) is 28.4 Å². The van der Waals surface area contributed by atoms with E-state index in [1.807, 2.05) is 307 Å². The zero-order valence-electron chi connectivity index (χ0n) is 86.8. The summed E-state index contributed by atoms with van der Waals surface area (Å²) in [5, 5.41) is 43.4. The minimum atomic E-state index is -0.482. The van der Waals surface area contributed by atoms with E-state index in [-0.39, 0.29) is 66.1 Å². The fourth-order valence-electron chi connectivity index (χ4n) is 17.8. The predicted octanol–water partition coefficient (Wildman–Crippen LogP) is 23.4. The van der Waals surface area contributed by atoms with Crippen molar-refractivity contribution in [2.24, 2.45) is 52.0 Å². The molecule has 10 aromatic carbocycles. The number of rotatable bonds is 16. The van der Waals surface area contributed by atoms with Gasteiger partial charge >= 0.3 is 0 Å². The van der Waals surface area contributed by atoms with Gasteiger partial charge in [0.15, 0.2) is 34.8 Å². The van der Waals surface area contributed by atoms with Crippen molar-refractivity contribution in [3.8, 4) is 34.2 Å². The highest BCUT2D eigenvalue weighted by Gasteiger charge is 2.40. The van der Waals surface area contributed by atoms with Crippen LogP contribution in [0.15, 0.2) is 274 Å². The van der Waals surface area contributed by atoms with E-state index in [2.05, 4.69) is 129 Å². The number of aliphatic imine (C=N–C) groups is 5. The molecule has 0 saturated carbocycles. The van der Waals surface area contributed by atoms with Gasteiger partial charge in [-0.2, -0.15) is 0 Å². The second-order valence-corrected chi connectivity index (χ2v) is 42.3. The van der Waals surface area contributed by atoms with Gasteiger partial charge in [-0.25, -0.2) is 9.24 Å². The van der Waals surface area contributed by atoms with Crippen LogP contribution in [0.4, 0.5) is 10.1 Å². The molecule has 0 fully saturated rings. The lowest BCUT2D eigenvalue weighted by atomic mass is 9.87. The number of aryl methyl sites for hydroxylation is 6. The van der Waals surface area contributed by atoms with Gasteiger partial charge in [-0.3, -0.25) is 71.8 Å².